The second-order valence-corrected chi connectivity index (χ2v) is 7.33. The summed E-state index contributed by atoms with van der Waals surface area (Å²) >= 11 is 0. The van der Waals surface area contributed by atoms with Gasteiger partial charge >= 0.3 is 0 Å². The lowest BCUT2D eigenvalue weighted by Crippen LogP contribution is -2.26. The molecule has 4 heteroatoms. The monoisotopic (exact) mass is 334 g/mol. The van der Waals surface area contributed by atoms with Crippen molar-refractivity contribution in [2.24, 2.45) is 17.8 Å². The number of fused-ring (bicyclic) bond motifs is 1. The summed E-state index contributed by atoms with van der Waals surface area (Å²) in [6.45, 7) is 2.62. The Morgan fingerprint density at radius 3 is 2.74 bits per heavy atom. The van der Waals surface area contributed by atoms with E-state index in [0.717, 1.165) is 25.4 Å². The number of rotatable bonds is 4. The average molecular weight is 335 g/mol. The van der Waals surface area contributed by atoms with Gasteiger partial charge < -0.3 is 10.6 Å². The number of halogens is 1. The number of hydrogen-bond donors (Lipinski definition) is 2. The van der Waals surface area contributed by atoms with Crippen molar-refractivity contribution < 1.29 is 4.79 Å². The Kier molecular flexibility index (Phi) is 5.27. The molecule has 1 aromatic carbocycles. The molecule has 2 N–H and O–H groups in total. The van der Waals surface area contributed by atoms with Crippen molar-refractivity contribution in [3.05, 3.63) is 34.9 Å². The average Bonchev–Trinajstić information content (AvgIpc) is 3.23. The molecule has 23 heavy (non-hydrogen) atoms. The van der Waals surface area contributed by atoms with Crippen LogP contribution >= 0.6 is 12.4 Å². The lowest BCUT2D eigenvalue weighted by molar-refractivity contribution is -0.123. The molecule has 2 atom stereocenters. The molecule has 0 bridgehead atoms. The summed E-state index contributed by atoms with van der Waals surface area (Å²) in [5.74, 6) is 2.11. The third kappa shape index (κ3) is 3.72. The SMILES string of the molecule is Cl.O=C(NCc1ccc2c(c1)CNC2)C1CC1C1CCCCC1. The Bertz CT molecular complexity index is 568. The van der Waals surface area contributed by atoms with Gasteiger partial charge in [0.25, 0.3) is 0 Å². The third-order valence-corrected chi connectivity index (χ3v) is 5.80. The molecule has 0 spiro atoms. The largest absolute Gasteiger partial charge is 0.352 e. The minimum Gasteiger partial charge on any atom is -0.352 e. The Balaban J connectivity index is 0.00000156. The number of carbonyl (C=O) groups excluding carboxylic acids is 1. The summed E-state index contributed by atoms with van der Waals surface area (Å²) in [6, 6.07) is 6.58. The molecule has 3 nitrogen and oxygen atoms in total. The summed E-state index contributed by atoms with van der Waals surface area (Å²) < 4.78 is 0. The number of carbonyl (C=O) groups is 1. The molecule has 0 saturated heterocycles. The van der Waals surface area contributed by atoms with E-state index in [9.17, 15) is 4.79 Å². The van der Waals surface area contributed by atoms with Crippen LogP contribution in [0.3, 0.4) is 0 Å². The molecule has 0 aromatic heterocycles. The standard InChI is InChI=1S/C19H26N2O.ClH/c22-19(18-9-17(18)14-4-2-1-3-5-14)21-10-13-6-7-15-11-20-12-16(15)8-13;/h6-8,14,17-18,20H,1-5,9-12H2,(H,21,22);1H. The van der Waals surface area contributed by atoms with Gasteiger partial charge in [-0.25, -0.2) is 0 Å². The first-order valence-electron chi connectivity index (χ1n) is 8.90. The quantitative estimate of drug-likeness (QED) is 0.884. The fourth-order valence-corrected chi connectivity index (χ4v) is 4.38. The summed E-state index contributed by atoms with van der Waals surface area (Å²) in [6.07, 6.45) is 7.98. The number of nitrogens with one attached hydrogen (secondary N) is 2. The number of amides is 1. The van der Waals surface area contributed by atoms with Crippen LogP contribution in [0.25, 0.3) is 0 Å². The van der Waals surface area contributed by atoms with Gasteiger partial charge in [-0.3, -0.25) is 4.79 Å². The zero-order valence-electron chi connectivity index (χ0n) is 13.6. The van der Waals surface area contributed by atoms with E-state index >= 15 is 0 Å². The van der Waals surface area contributed by atoms with Crippen molar-refractivity contribution >= 4 is 18.3 Å². The number of hydrogen-bond acceptors (Lipinski definition) is 2. The van der Waals surface area contributed by atoms with Crippen LogP contribution in [0.15, 0.2) is 18.2 Å². The molecule has 1 aliphatic heterocycles. The Morgan fingerprint density at radius 2 is 1.91 bits per heavy atom. The van der Waals surface area contributed by atoms with Gasteiger partial charge in [0.05, 0.1) is 0 Å². The van der Waals surface area contributed by atoms with Gasteiger partial charge in [0, 0.05) is 25.6 Å². The predicted octanol–water partition coefficient (Wildman–Crippen LogP) is 3.54. The van der Waals surface area contributed by atoms with Crippen LogP contribution in [0.1, 0.15) is 55.2 Å². The molecule has 1 aromatic rings. The maximum absolute atomic E-state index is 12.3. The molecule has 2 saturated carbocycles. The number of benzene rings is 1. The van der Waals surface area contributed by atoms with E-state index in [0.29, 0.717) is 18.4 Å². The summed E-state index contributed by atoms with van der Waals surface area (Å²) in [4.78, 5) is 12.3. The maximum Gasteiger partial charge on any atom is 0.223 e. The first-order valence-corrected chi connectivity index (χ1v) is 8.90. The summed E-state index contributed by atoms with van der Waals surface area (Å²) in [5, 5.41) is 6.52. The van der Waals surface area contributed by atoms with Crippen LogP contribution in [-0.2, 0) is 24.4 Å². The molecule has 0 radical (unpaired) electrons. The fraction of sp³-hybridized carbons (Fsp3) is 0.632. The molecule has 2 fully saturated rings. The van der Waals surface area contributed by atoms with E-state index in [-0.39, 0.29) is 18.3 Å². The molecule has 2 aliphatic carbocycles. The second kappa shape index (κ2) is 7.23. The van der Waals surface area contributed by atoms with E-state index < -0.39 is 0 Å². The van der Waals surface area contributed by atoms with Crippen molar-refractivity contribution in [3.63, 3.8) is 0 Å². The molecular weight excluding hydrogens is 308 g/mol. The first-order chi connectivity index (χ1) is 10.8. The van der Waals surface area contributed by atoms with E-state index in [4.69, 9.17) is 0 Å². The lowest BCUT2D eigenvalue weighted by atomic mass is 9.85. The van der Waals surface area contributed by atoms with Crippen LogP contribution in [0, 0.1) is 17.8 Å². The molecule has 1 amide bonds. The third-order valence-electron chi connectivity index (χ3n) is 5.80. The minimum atomic E-state index is 0. The summed E-state index contributed by atoms with van der Waals surface area (Å²) in [7, 11) is 0. The van der Waals surface area contributed by atoms with Crippen molar-refractivity contribution in [2.45, 2.75) is 58.2 Å². The van der Waals surface area contributed by atoms with Gasteiger partial charge in [-0.2, -0.15) is 0 Å². The van der Waals surface area contributed by atoms with Gasteiger partial charge in [0.2, 0.25) is 5.91 Å². The van der Waals surface area contributed by atoms with Crippen LogP contribution in [-0.4, -0.2) is 5.91 Å². The molecule has 1 heterocycles. The van der Waals surface area contributed by atoms with Gasteiger partial charge in [-0.15, -0.1) is 12.4 Å². The van der Waals surface area contributed by atoms with Gasteiger partial charge in [0.1, 0.15) is 0 Å². The predicted molar refractivity (Wildman–Crippen MR) is 94.3 cm³/mol. The zero-order valence-corrected chi connectivity index (χ0v) is 14.5. The molecule has 126 valence electrons. The van der Waals surface area contributed by atoms with Crippen LogP contribution in [0.5, 0.6) is 0 Å². The van der Waals surface area contributed by atoms with Crippen molar-refractivity contribution in [3.8, 4) is 0 Å². The van der Waals surface area contributed by atoms with E-state index in [2.05, 4.69) is 28.8 Å². The van der Waals surface area contributed by atoms with Gasteiger partial charge in [-0.05, 0) is 34.9 Å². The van der Waals surface area contributed by atoms with Crippen molar-refractivity contribution in [1.29, 1.82) is 0 Å². The Labute approximate surface area is 145 Å². The second-order valence-electron chi connectivity index (χ2n) is 7.33. The Morgan fingerprint density at radius 1 is 1.13 bits per heavy atom. The highest BCUT2D eigenvalue weighted by Crippen LogP contribution is 2.49. The fourth-order valence-electron chi connectivity index (χ4n) is 4.38. The van der Waals surface area contributed by atoms with E-state index in [1.807, 2.05) is 0 Å². The van der Waals surface area contributed by atoms with Crippen molar-refractivity contribution in [2.75, 3.05) is 0 Å². The zero-order chi connectivity index (χ0) is 14.9. The highest BCUT2D eigenvalue weighted by molar-refractivity contribution is 5.85. The highest BCUT2D eigenvalue weighted by atomic mass is 35.5. The van der Waals surface area contributed by atoms with Crippen molar-refractivity contribution in [1.82, 2.24) is 10.6 Å². The molecule has 3 aliphatic rings. The Hall–Kier alpha value is -1.06. The van der Waals surface area contributed by atoms with Gasteiger partial charge in [0.15, 0.2) is 0 Å². The maximum atomic E-state index is 12.3. The topological polar surface area (TPSA) is 41.1 Å². The first kappa shape index (κ1) is 16.8. The highest BCUT2D eigenvalue weighted by Gasteiger charge is 2.47. The minimum absolute atomic E-state index is 0. The van der Waals surface area contributed by atoms with Crippen LogP contribution in [0.4, 0.5) is 0 Å². The van der Waals surface area contributed by atoms with Crippen LogP contribution in [0.2, 0.25) is 0 Å². The molecular formula is C19H27ClN2O. The smallest absolute Gasteiger partial charge is 0.223 e. The summed E-state index contributed by atoms with van der Waals surface area (Å²) in [5.41, 5.74) is 4.01. The van der Waals surface area contributed by atoms with E-state index in [1.54, 1.807) is 0 Å². The van der Waals surface area contributed by atoms with Gasteiger partial charge in [-0.1, -0.05) is 50.3 Å². The van der Waals surface area contributed by atoms with Crippen LogP contribution < -0.4 is 10.6 Å². The molecule has 4 rings (SSSR count). The molecule has 2 unspecified atom stereocenters. The normalized spacial score (nSPS) is 26.3. The van der Waals surface area contributed by atoms with E-state index in [1.165, 1.54) is 48.8 Å². The lowest BCUT2D eigenvalue weighted by Gasteiger charge is -2.21.